The molecule has 356 valence electrons. The van der Waals surface area contributed by atoms with Gasteiger partial charge < -0.3 is 14.2 Å². The first-order valence-electron chi connectivity index (χ1n) is 26.9. The fraction of sp³-hybridized carbons (Fsp3) is 0.944. The van der Waals surface area contributed by atoms with E-state index in [1.54, 1.807) is 0 Å². The Labute approximate surface area is 374 Å². The van der Waals surface area contributed by atoms with E-state index in [1.165, 1.54) is 199 Å². The highest BCUT2D eigenvalue weighted by Crippen LogP contribution is 2.17. The summed E-state index contributed by atoms with van der Waals surface area (Å²) in [5.41, 5.74) is 0. The van der Waals surface area contributed by atoms with E-state index < -0.39 is 6.10 Å². The lowest BCUT2D eigenvalue weighted by Gasteiger charge is -2.18. The molecule has 0 N–H and O–H groups in total. The fourth-order valence-electron chi connectivity index (χ4n) is 8.22. The monoisotopic (exact) mass is 849 g/mol. The average Bonchev–Trinajstić information content (AvgIpc) is 3.23. The Morgan fingerprint density at radius 2 is 0.550 bits per heavy atom. The van der Waals surface area contributed by atoms with E-state index in [-0.39, 0.29) is 31.1 Å². The molecule has 6 heteroatoms. The summed E-state index contributed by atoms with van der Waals surface area (Å²) in [5, 5.41) is 0. The molecule has 0 radical (unpaired) electrons. The van der Waals surface area contributed by atoms with Gasteiger partial charge in [-0.15, -0.1) is 0 Å². The zero-order chi connectivity index (χ0) is 43.8. The van der Waals surface area contributed by atoms with Gasteiger partial charge in [0.25, 0.3) is 0 Å². The van der Waals surface area contributed by atoms with Crippen LogP contribution in [0.15, 0.2) is 0 Å². The molecule has 1 atom stereocenters. The van der Waals surface area contributed by atoms with Crippen LogP contribution in [-0.2, 0) is 28.6 Å². The molecule has 0 spiro atoms. The van der Waals surface area contributed by atoms with Crippen molar-refractivity contribution in [1.29, 1.82) is 0 Å². The second-order valence-electron chi connectivity index (χ2n) is 19.0. The predicted octanol–water partition coefficient (Wildman–Crippen LogP) is 17.5. The topological polar surface area (TPSA) is 78.9 Å². The lowest BCUT2D eigenvalue weighted by atomic mass is 10.0. The maximum absolute atomic E-state index is 12.8. The SMILES string of the molecule is CCCCCCCCCCCCCCCCCCCC(=O)OC[C@@H](COC(=O)CCCCCCCCCCCCCCCCC)OC(=O)CCCCCCCCCC(C)C. The van der Waals surface area contributed by atoms with Crippen LogP contribution in [0.2, 0.25) is 0 Å². The molecule has 0 rings (SSSR count). The lowest BCUT2D eigenvalue weighted by Crippen LogP contribution is -2.30. The average molecular weight is 849 g/mol. The van der Waals surface area contributed by atoms with Crippen LogP contribution >= 0.6 is 0 Å². The molecule has 0 aliphatic rings. The Kier molecular flexibility index (Phi) is 47.2. The molecule has 0 aromatic carbocycles. The van der Waals surface area contributed by atoms with E-state index in [9.17, 15) is 14.4 Å². The third-order valence-corrected chi connectivity index (χ3v) is 12.3. The summed E-state index contributed by atoms with van der Waals surface area (Å²) in [4.78, 5) is 37.9. The van der Waals surface area contributed by atoms with Gasteiger partial charge in [0, 0.05) is 19.3 Å². The first-order chi connectivity index (χ1) is 29.4. The first-order valence-corrected chi connectivity index (χ1v) is 26.9. The van der Waals surface area contributed by atoms with Crippen LogP contribution in [-0.4, -0.2) is 37.2 Å². The lowest BCUT2D eigenvalue weighted by molar-refractivity contribution is -0.167. The molecule has 0 aromatic rings. The van der Waals surface area contributed by atoms with Crippen molar-refractivity contribution in [2.75, 3.05) is 13.2 Å². The largest absolute Gasteiger partial charge is 0.462 e. The molecule has 0 saturated heterocycles. The van der Waals surface area contributed by atoms with Gasteiger partial charge in [-0.05, 0) is 25.2 Å². The summed E-state index contributed by atoms with van der Waals surface area (Å²) in [6.07, 6.45) is 51.0. The van der Waals surface area contributed by atoms with Crippen molar-refractivity contribution >= 4 is 17.9 Å². The van der Waals surface area contributed by atoms with Gasteiger partial charge in [-0.1, -0.05) is 265 Å². The van der Waals surface area contributed by atoms with Crippen molar-refractivity contribution in [3.63, 3.8) is 0 Å². The second kappa shape index (κ2) is 48.4. The molecule has 0 aromatic heterocycles. The maximum Gasteiger partial charge on any atom is 0.306 e. The van der Waals surface area contributed by atoms with Gasteiger partial charge in [0.2, 0.25) is 0 Å². The molecule has 0 fully saturated rings. The number of hydrogen-bond acceptors (Lipinski definition) is 6. The van der Waals surface area contributed by atoms with Crippen molar-refractivity contribution in [2.45, 2.75) is 310 Å². The van der Waals surface area contributed by atoms with E-state index in [2.05, 4.69) is 27.7 Å². The molecule has 60 heavy (non-hydrogen) atoms. The molecule has 0 aliphatic carbocycles. The Morgan fingerprint density at radius 1 is 0.317 bits per heavy atom. The standard InChI is InChI=1S/C54H104O6/c1-5-7-9-11-13-15-17-19-21-22-24-26-28-30-34-38-42-46-53(56)59-49-51(60-54(57)47-43-39-35-31-32-36-40-44-50(3)4)48-58-52(55)45-41-37-33-29-27-25-23-20-18-16-14-12-10-8-6-2/h50-51H,5-49H2,1-4H3/t51-/m1/s1. The molecule has 0 aliphatic heterocycles. The van der Waals surface area contributed by atoms with Crippen molar-refractivity contribution in [3.05, 3.63) is 0 Å². The third kappa shape index (κ3) is 47.5. The first kappa shape index (κ1) is 58.4. The highest BCUT2D eigenvalue weighted by Gasteiger charge is 2.19. The molecule has 0 heterocycles. The molecule has 0 unspecified atom stereocenters. The maximum atomic E-state index is 12.8. The fourth-order valence-corrected chi connectivity index (χ4v) is 8.22. The van der Waals surface area contributed by atoms with Gasteiger partial charge in [0.15, 0.2) is 6.10 Å². The number of rotatable bonds is 49. The molecular weight excluding hydrogens is 745 g/mol. The second-order valence-corrected chi connectivity index (χ2v) is 19.0. The summed E-state index contributed by atoms with van der Waals surface area (Å²) >= 11 is 0. The van der Waals surface area contributed by atoms with Crippen molar-refractivity contribution in [1.82, 2.24) is 0 Å². The van der Waals surface area contributed by atoms with Crippen LogP contribution in [0, 0.1) is 5.92 Å². The van der Waals surface area contributed by atoms with Gasteiger partial charge in [-0.2, -0.15) is 0 Å². The van der Waals surface area contributed by atoms with E-state index in [0.29, 0.717) is 19.3 Å². The Hall–Kier alpha value is -1.59. The van der Waals surface area contributed by atoms with E-state index >= 15 is 0 Å². The number of hydrogen-bond donors (Lipinski definition) is 0. The Bertz CT molecular complexity index is 903. The molecular formula is C54H104O6. The van der Waals surface area contributed by atoms with Crippen LogP contribution in [0.4, 0.5) is 0 Å². The molecule has 6 nitrogen and oxygen atoms in total. The molecule has 0 saturated carbocycles. The summed E-state index contributed by atoms with van der Waals surface area (Å²) in [6, 6.07) is 0. The third-order valence-electron chi connectivity index (χ3n) is 12.3. The van der Waals surface area contributed by atoms with E-state index in [0.717, 1.165) is 63.7 Å². The van der Waals surface area contributed by atoms with Crippen LogP contribution < -0.4 is 0 Å². The van der Waals surface area contributed by atoms with E-state index in [1.807, 2.05) is 0 Å². The number of carbonyl (C=O) groups is 3. The minimum absolute atomic E-state index is 0.0633. The normalized spacial score (nSPS) is 11.9. The minimum atomic E-state index is -0.761. The Morgan fingerprint density at radius 3 is 0.817 bits per heavy atom. The van der Waals surface area contributed by atoms with Gasteiger partial charge >= 0.3 is 17.9 Å². The van der Waals surface area contributed by atoms with Gasteiger partial charge in [0.05, 0.1) is 0 Å². The van der Waals surface area contributed by atoms with Crippen molar-refractivity contribution < 1.29 is 28.6 Å². The highest BCUT2D eigenvalue weighted by molar-refractivity contribution is 5.71. The highest BCUT2D eigenvalue weighted by atomic mass is 16.6. The Balaban J connectivity index is 4.24. The van der Waals surface area contributed by atoms with Crippen molar-refractivity contribution in [2.24, 2.45) is 5.92 Å². The van der Waals surface area contributed by atoms with Crippen LogP contribution in [0.25, 0.3) is 0 Å². The van der Waals surface area contributed by atoms with Crippen molar-refractivity contribution in [3.8, 4) is 0 Å². The van der Waals surface area contributed by atoms with Gasteiger partial charge in [-0.25, -0.2) is 0 Å². The quantitative estimate of drug-likeness (QED) is 0.0345. The molecule has 0 bridgehead atoms. The summed E-state index contributed by atoms with van der Waals surface area (Å²) in [5.74, 6) is -0.0673. The predicted molar refractivity (Wildman–Crippen MR) is 257 cm³/mol. The van der Waals surface area contributed by atoms with Crippen LogP contribution in [0.5, 0.6) is 0 Å². The number of unbranched alkanes of at least 4 members (excludes halogenated alkanes) is 36. The van der Waals surface area contributed by atoms with E-state index in [4.69, 9.17) is 14.2 Å². The smallest absolute Gasteiger partial charge is 0.306 e. The van der Waals surface area contributed by atoms with Gasteiger partial charge in [-0.3, -0.25) is 14.4 Å². The number of esters is 3. The summed E-state index contributed by atoms with van der Waals surface area (Å²) in [6.45, 7) is 8.99. The summed E-state index contributed by atoms with van der Waals surface area (Å²) < 4.78 is 16.8. The summed E-state index contributed by atoms with van der Waals surface area (Å²) in [7, 11) is 0. The van der Waals surface area contributed by atoms with Gasteiger partial charge in [0.1, 0.15) is 13.2 Å². The zero-order valence-corrected chi connectivity index (χ0v) is 40.9. The molecule has 0 amide bonds. The number of ether oxygens (including phenoxy) is 3. The van der Waals surface area contributed by atoms with Crippen LogP contribution in [0.1, 0.15) is 304 Å². The minimum Gasteiger partial charge on any atom is -0.462 e. The van der Waals surface area contributed by atoms with Crippen LogP contribution in [0.3, 0.4) is 0 Å². The zero-order valence-electron chi connectivity index (χ0n) is 40.9. The number of carbonyl (C=O) groups excluding carboxylic acids is 3.